The topological polar surface area (TPSA) is 76.1 Å². The molecule has 7 heteroatoms. The minimum Gasteiger partial charge on any atom is -0.487 e. The predicted molar refractivity (Wildman–Crippen MR) is 106 cm³/mol. The molecule has 1 amide bonds. The van der Waals surface area contributed by atoms with Gasteiger partial charge in [-0.05, 0) is 57.0 Å². The normalized spacial score (nSPS) is 14.3. The molecule has 1 aliphatic rings. The van der Waals surface area contributed by atoms with Crippen LogP contribution in [-0.2, 0) is 4.74 Å². The lowest BCUT2D eigenvalue weighted by molar-refractivity contribution is -0.0221. The lowest BCUT2D eigenvalue weighted by atomic mass is 10.00. The summed E-state index contributed by atoms with van der Waals surface area (Å²) in [6.45, 7) is 7.70. The summed E-state index contributed by atoms with van der Waals surface area (Å²) in [7, 11) is 0. The number of hydrogen-bond acceptors (Lipinski definition) is 4. The molecule has 0 radical (unpaired) electrons. The third-order valence-corrected chi connectivity index (χ3v) is 4.46. The molecule has 0 aliphatic carbocycles. The Bertz CT molecular complexity index is 945. The average molecular weight is 401 g/mol. The van der Waals surface area contributed by atoms with Gasteiger partial charge >= 0.3 is 12.1 Å². The quantitative estimate of drug-likeness (QED) is 0.817. The first-order valence-electron chi connectivity index (χ1n) is 9.32. The molecule has 2 aromatic carbocycles. The number of likely N-dealkylation sites (tertiary alicyclic amines) is 1. The first-order valence-corrected chi connectivity index (χ1v) is 9.32. The molecule has 0 aromatic heterocycles. The van der Waals surface area contributed by atoms with E-state index in [-0.39, 0.29) is 11.7 Å². The Kier molecular flexibility index (Phi) is 5.50. The third kappa shape index (κ3) is 4.85. The zero-order valence-electron chi connectivity index (χ0n) is 16.9. The maximum atomic E-state index is 14.5. The predicted octanol–water partition coefficient (Wildman–Crippen LogP) is 4.50. The van der Waals surface area contributed by atoms with Crippen molar-refractivity contribution in [1.29, 1.82) is 0 Å². The van der Waals surface area contributed by atoms with Gasteiger partial charge in [-0.3, -0.25) is 0 Å². The van der Waals surface area contributed by atoms with Crippen molar-refractivity contribution >= 4 is 12.1 Å². The summed E-state index contributed by atoms with van der Waals surface area (Å²) in [5.41, 5.74) is 0.622. The summed E-state index contributed by atoms with van der Waals surface area (Å²) >= 11 is 0. The molecule has 1 fully saturated rings. The van der Waals surface area contributed by atoms with Gasteiger partial charge in [-0.1, -0.05) is 18.2 Å². The van der Waals surface area contributed by atoms with E-state index in [2.05, 4.69) is 0 Å². The smallest absolute Gasteiger partial charge is 0.410 e. The van der Waals surface area contributed by atoms with Crippen molar-refractivity contribution in [3.05, 3.63) is 53.3 Å². The molecule has 3 rings (SSSR count). The number of nitrogens with zero attached hydrogens (tertiary/aromatic N) is 1. The highest BCUT2D eigenvalue weighted by Crippen LogP contribution is 2.31. The van der Waals surface area contributed by atoms with E-state index in [1.807, 2.05) is 0 Å². The Labute approximate surface area is 168 Å². The summed E-state index contributed by atoms with van der Waals surface area (Å²) in [6.07, 6.45) is -0.707. The minimum absolute atomic E-state index is 0.00160. The van der Waals surface area contributed by atoms with Crippen molar-refractivity contribution in [3.63, 3.8) is 0 Å². The molecular weight excluding hydrogens is 377 g/mol. The molecule has 0 atom stereocenters. The van der Waals surface area contributed by atoms with Crippen molar-refractivity contribution in [2.45, 2.75) is 39.4 Å². The van der Waals surface area contributed by atoms with Crippen LogP contribution >= 0.6 is 0 Å². The number of ether oxygens (including phenoxy) is 2. The molecule has 0 unspecified atom stereocenters. The minimum atomic E-state index is -1.13. The number of halogens is 1. The maximum absolute atomic E-state index is 14.5. The number of amides is 1. The highest BCUT2D eigenvalue weighted by Gasteiger charge is 2.35. The lowest BCUT2D eigenvalue weighted by Gasteiger charge is -2.39. The fourth-order valence-corrected chi connectivity index (χ4v) is 3.00. The Balaban J connectivity index is 1.77. The van der Waals surface area contributed by atoms with Crippen molar-refractivity contribution in [1.82, 2.24) is 4.90 Å². The Morgan fingerprint density at radius 1 is 1.17 bits per heavy atom. The van der Waals surface area contributed by atoms with E-state index >= 15 is 0 Å². The van der Waals surface area contributed by atoms with E-state index < -0.39 is 23.5 Å². The van der Waals surface area contributed by atoms with Gasteiger partial charge in [-0.25, -0.2) is 14.0 Å². The van der Waals surface area contributed by atoms with Gasteiger partial charge in [0.05, 0.1) is 18.7 Å². The van der Waals surface area contributed by atoms with E-state index in [0.29, 0.717) is 35.5 Å². The standard InChI is InChI=1S/C22H24FNO5/c1-13-6-5-7-18(19(13)23)14-8-15(20(25)26)10-16(9-14)28-17-11-24(12-17)21(27)29-22(2,3)4/h5-10,17H,11-12H2,1-4H3,(H,25,26). The van der Waals surface area contributed by atoms with Crippen LogP contribution in [0.4, 0.5) is 9.18 Å². The second-order valence-corrected chi connectivity index (χ2v) is 8.11. The van der Waals surface area contributed by atoms with Gasteiger partial charge in [0.2, 0.25) is 0 Å². The van der Waals surface area contributed by atoms with E-state index in [9.17, 15) is 19.1 Å². The Morgan fingerprint density at radius 3 is 2.48 bits per heavy atom. The summed E-state index contributed by atoms with van der Waals surface area (Å²) < 4.78 is 25.7. The lowest BCUT2D eigenvalue weighted by Crippen LogP contribution is -2.57. The molecule has 2 aromatic rings. The fraction of sp³-hybridized carbons (Fsp3) is 0.364. The molecule has 154 valence electrons. The van der Waals surface area contributed by atoms with Crippen LogP contribution in [0.1, 0.15) is 36.7 Å². The van der Waals surface area contributed by atoms with E-state index in [1.54, 1.807) is 52.0 Å². The fourth-order valence-electron chi connectivity index (χ4n) is 3.00. The summed E-state index contributed by atoms with van der Waals surface area (Å²) in [6, 6.07) is 9.39. The third-order valence-electron chi connectivity index (χ3n) is 4.46. The molecule has 0 saturated carbocycles. The van der Waals surface area contributed by atoms with Crippen LogP contribution in [0.15, 0.2) is 36.4 Å². The first kappa shape index (κ1) is 20.6. The van der Waals surface area contributed by atoms with E-state index in [0.717, 1.165) is 0 Å². The van der Waals surface area contributed by atoms with Gasteiger partial charge in [0, 0.05) is 5.56 Å². The van der Waals surface area contributed by atoms with Gasteiger partial charge < -0.3 is 19.5 Å². The first-order chi connectivity index (χ1) is 13.5. The second-order valence-electron chi connectivity index (χ2n) is 8.11. The van der Waals surface area contributed by atoms with Gasteiger partial charge in [0.1, 0.15) is 23.3 Å². The van der Waals surface area contributed by atoms with Crippen LogP contribution in [0.2, 0.25) is 0 Å². The molecule has 0 bridgehead atoms. The van der Waals surface area contributed by atoms with Crippen LogP contribution in [-0.4, -0.2) is 46.9 Å². The van der Waals surface area contributed by atoms with Crippen LogP contribution in [0, 0.1) is 12.7 Å². The van der Waals surface area contributed by atoms with E-state index in [1.165, 1.54) is 17.0 Å². The largest absolute Gasteiger partial charge is 0.487 e. The SMILES string of the molecule is Cc1cccc(-c2cc(OC3CN(C(=O)OC(C)(C)C)C3)cc(C(=O)O)c2)c1F. The van der Waals surface area contributed by atoms with Crippen molar-refractivity contribution < 1.29 is 28.6 Å². The molecule has 1 aliphatic heterocycles. The maximum Gasteiger partial charge on any atom is 0.410 e. The number of benzene rings is 2. The zero-order valence-corrected chi connectivity index (χ0v) is 16.9. The number of hydrogen-bond donors (Lipinski definition) is 1. The zero-order chi connectivity index (χ0) is 21.3. The van der Waals surface area contributed by atoms with Crippen LogP contribution < -0.4 is 4.74 Å². The summed E-state index contributed by atoms with van der Waals surface area (Å²) in [4.78, 5) is 25.0. The molecular formula is C22H24FNO5. The molecule has 6 nitrogen and oxygen atoms in total. The molecule has 1 N–H and O–H groups in total. The summed E-state index contributed by atoms with van der Waals surface area (Å²) in [5.74, 6) is -1.22. The second kappa shape index (κ2) is 7.73. The highest BCUT2D eigenvalue weighted by molar-refractivity contribution is 5.90. The van der Waals surface area contributed by atoms with Crippen molar-refractivity contribution in [2.75, 3.05) is 13.1 Å². The van der Waals surface area contributed by atoms with Crippen LogP contribution in [0.25, 0.3) is 11.1 Å². The van der Waals surface area contributed by atoms with Gasteiger partial charge in [0.15, 0.2) is 0 Å². The van der Waals surface area contributed by atoms with Crippen molar-refractivity contribution in [2.24, 2.45) is 0 Å². The highest BCUT2D eigenvalue weighted by atomic mass is 19.1. The van der Waals surface area contributed by atoms with Crippen molar-refractivity contribution in [3.8, 4) is 16.9 Å². The average Bonchev–Trinajstić information content (AvgIpc) is 2.58. The molecule has 1 heterocycles. The van der Waals surface area contributed by atoms with Crippen LogP contribution in [0.5, 0.6) is 5.75 Å². The number of carbonyl (C=O) groups is 2. The number of carboxylic acid groups (broad SMARTS) is 1. The number of carbonyl (C=O) groups excluding carboxylic acids is 1. The van der Waals surface area contributed by atoms with Gasteiger partial charge in [-0.15, -0.1) is 0 Å². The monoisotopic (exact) mass is 401 g/mol. The number of rotatable bonds is 4. The number of aryl methyl sites for hydroxylation is 1. The molecule has 1 saturated heterocycles. The van der Waals surface area contributed by atoms with Gasteiger partial charge in [0.25, 0.3) is 0 Å². The summed E-state index contributed by atoms with van der Waals surface area (Å²) in [5, 5.41) is 9.41. The van der Waals surface area contributed by atoms with Gasteiger partial charge in [-0.2, -0.15) is 0 Å². The number of aromatic carboxylic acids is 1. The Hall–Kier alpha value is -3.09. The molecule has 29 heavy (non-hydrogen) atoms. The molecule has 0 spiro atoms. The number of carboxylic acids is 1. The van der Waals surface area contributed by atoms with Crippen LogP contribution in [0.3, 0.4) is 0 Å². The Morgan fingerprint density at radius 2 is 1.86 bits per heavy atom. The van der Waals surface area contributed by atoms with E-state index in [4.69, 9.17) is 9.47 Å².